The van der Waals surface area contributed by atoms with Crippen molar-refractivity contribution >= 4 is 39.1 Å². The van der Waals surface area contributed by atoms with E-state index in [1.807, 2.05) is 26.8 Å². The molecule has 2 atom stereocenters. The molecule has 242 valence electrons. The molecule has 0 aromatic carbocycles. The zero-order valence-electron chi connectivity index (χ0n) is 28.5. The van der Waals surface area contributed by atoms with Gasteiger partial charge in [-0.25, -0.2) is 19.4 Å². The second kappa shape index (κ2) is 12.0. The predicted octanol–water partition coefficient (Wildman–Crippen LogP) is 7.39. The SMILES string of the molecule is CC(C)(C)OC(=O)Nc1cnc2nc(-c3nn(COCC[Si](C)(C)C)c4c3C[C@@H]3C[C@]3(C)C4)n(COCC[Si](C)(C)C)c2c1. The Kier molecular flexibility index (Phi) is 8.95. The average Bonchev–Trinajstić information content (AvgIpc) is 3.24. The lowest BCUT2D eigenvalue weighted by atomic mass is 9.87. The van der Waals surface area contributed by atoms with Crippen molar-refractivity contribution in [3.63, 3.8) is 0 Å². The van der Waals surface area contributed by atoms with Crippen LogP contribution < -0.4 is 5.32 Å². The lowest BCUT2D eigenvalue weighted by Gasteiger charge is -2.20. The smallest absolute Gasteiger partial charge is 0.412 e. The molecule has 2 aliphatic carbocycles. The highest BCUT2D eigenvalue weighted by molar-refractivity contribution is 6.76. The molecule has 1 saturated carbocycles. The third-order valence-corrected chi connectivity index (χ3v) is 12.0. The zero-order valence-corrected chi connectivity index (χ0v) is 30.5. The number of ether oxygens (including phenoxy) is 3. The number of amides is 1. The van der Waals surface area contributed by atoms with Gasteiger partial charge in [0.2, 0.25) is 0 Å². The Balaban J connectivity index is 1.50. The molecule has 0 radical (unpaired) electrons. The summed E-state index contributed by atoms with van der Waals surface area (Å²) in [5.74, 6) is 1.42. The van der Waals surface area contributed by atoms with Gasteiger partial charge in [0.1, 0.15) is 24.8 Å². The van der Waals surface area contributed by atoms with E-state index in [0.29, 0.717) is 42.7 Å². The number of anilines is 1. The fourth-order valence-electron chi connectivity index (χ4n) is 5.77. The van der Waals surface area contributed by atoms with Crippen LogP contribution in [-0.2, 0) is 40.5 Å². The summed E-state index contributed by atoms with van der Waals surface area (Å²) in [4.78, 5) is 22.2. The summed E-state index contributed by atoms with van der Waals surface area (Å²) >= 11 is 0. The van der Waals surface area contributed by atoms with E-state index in [0.717, 1.165) is 48.6 Å². The van der Waals surface area contributed by atoms with Crippen molar-refractivity contribution in [2.75, 3.05) is 18.5 Å². The molecule has 3 aromatic rings. The number of pyridine rings is 1. The molecule has 10 nitrogen and oxygen atoms in total. The van der Waals surface area contributed by atoms with Crippen LogP contribution in [0.2, 0.25) is 51.4 Å². The molecule has 5 rings (SSSR count). The van der Waals surface area contributed by atoms with Crippen LogP contribution in [0.1, 0.15) is 45.4 Å². The van der Waals surface area contributed by atoms with Crippen molar-refractivity contribution in [3.8, 4) is 11.5 Å². The van der Waals surface area contributed by atoms with E-state index in [1.165, 1.54) is 17.7 Å². The molecule has 1 amide bonds. The summed E-state index contributed by atoms with van der Waals surface area (Å²) in [5, 5.41) is 8.00. The quantitative estimate of drug-likeness (QED) is 0.163. The minimum atomic E-state index is -1.26. The standard InChI is InChI=1S/C32H52N6O4Si2/c1-31(2,3)42-30(39)34-23-16-25-28(33-19-23)35-29(37(25)20-40-11-13-43(5,6)7)27-24-15-22-17-32(22,4)18-26(24)38(36-27)21-41-12-14-44(8,9)10/h16,19,22H,11-15,17-18,20-21H2,1-10H3,(H,34,39)/t22-,32-/m1/s1. The van der Waals surface area contributed by atoms with Crippen LogP contribution >= 0.6 is 0 Å². The van der Waals surface area contributed by atoms with E-state index in [9.17, 15) is 4.79 Å². The number of aromatic nitrogens is 5. The number of carbonyl (C=O) groups is 1. The van der Waals surface area contributed by atoms with Gasteiger partial charge in [0.25, 0.3) is 0 Å². The summed E-state index contributed by atoms with van der Waals surface area (Å²) in [5.41, 5.74) is 5.08. The molecular weight excluding hydrogens is 589 g/mol. The number of imidazole rings is 1. The number of hydrogen-bond acceptors (Lipinski definition) is 7. The second-order valence-electron chi connectivity index (χ2n) is 16.5. The molecule has 1 fully saturated rings. The first kappa shape index (κ1) is 32.8. The van der Waals surface area contributed by atoms with Gasteiger partial charge in [-0.05, 0) is 69.5 Å². The number of rotatable bonds is 12. The summed E-state index contributed by atoms with van der Waals surface area (Å²) < 4.78 is 22.1. The van der Waals surface area contributed by atoms with Crippen molar-refractivity contribution in [1.29, 1.82) is 0 Å². The number of carbonyl (C=O) groups excluding carboxylic acids is 1. The first-order valence-electron chi connectivity index (χ1n) is 16.0. The molecular formula is C32H52N6O4Si2. The maximum absolute atomic E-state index is 12.5. The van der Waals surface area contributed by atoms with Crippen molar-refractivity contribution in [1.82, 2.24) is 24.3 Å². The maximum atomic E-state index is 12.5. The number of nitrogens with one attached hydrogen (secondary N) is 1. The lowest BCUT2D eigenvalue weighted by molar-refractivity contribution is 0.0636. The van der Waals surface area contributed by atoms with Gasteiger partial charge in [0.15, 0.2) is 11.5 Å². The highest BCUT2D eigenvalue weighted by Gasteiger charge is 2.54. The molecule has 1 N–H and O–H groups in total. The lowest BCUT2D eigenvalue weighted by Crippen LogP contribution is -2.27. The fourth-order valence-corrected chi connectivity index (χ4v) is 7.28. The van der Waals surface area contributed by atoms with E-state index in [2.05, 4.69) is 65.8 Å². The van der Waals surface area contributed by atoms with Crippen molar-refractivity contribution in [3.05, 3.63) is 23.5 Å². The summed E-state index contributed by atoms with van der Waals surface area (Å²) in [6, 6.07) is 4.09. The van der Waals surface area contributed by atoms with Gasteiger partial charge >= 0.3 is 6.09 Å². The van der Waals surface area contributed by atoms with E-state index >= 15 is 0 Å². The Hall–Kier alpha value is -2.55. The third kappa shape index (κ3) is 7.99. The number of hydrogen-bond donors (Lipinski definition) is 1. The van der Waals surface area contributed by atoms with E-state index in [4.69, 9.17) is 24.3 Å². The minimum absolute atomic E-state index is 0.323. The Morgan fingerprint density at radius 2 is 1.73 bits per heavy atom. The van der Waals surface area contributed by atoms with Crippen LogP contribution in [0.15, 0.2) is 12.3 Å². The van der Waals surface area contributed by atoms with E-state index in [-0.39, 0.29) is 0 Å². The molecule has 3 aromatic heterocycles. The monoisotopic (exact) mass is 640 g/mol. The van der Waals surface area contributed by atoms with Crippen LogP contribution in [0, 0.1) is 11.3 Å². The number of nitrogens with zero attached hydrogens (tertiary/aromatic N) is 5. The topological polar surface area (TPSA) is 105 Å². The zero-order chi connectivity index (χ0) is 32.1. The first-order valence-corrected chi connectivity index (χ1v) is 23.4. The molecule has 0 unspecified atom stereocenters. The molecule has 0 saturated heterocycles. The summed E-state index contributed by atoms with van der Waals surface area (Å²) in [6.07, 6.45) is 4.34. The van der Waals surface area contributed by atoms with Crippen molar-refractivity contribution in [2.24, 2.45) is 11.3 Å². The summed E-state index contributed by atoms with van der Waals surface area (Å²) in [7, 11) is -2.45. The Morgan fingerprint density at radius 3 is 2.36 bits per heavy atom. The van der Waals surface area contributed by atoms with Crippen LogP contribution in [0.5, 0.6) is 0 Å². The number of fused-ring (bicyclic) bond motifs is 3. The minimum Gasteiger partial charge on any atom is -0.444 e. The molecule has 3 heterocycles. The Labute approximate surface area is 264 Å². The molecule has 44 heavy (non-hydrogen) atoms. The van der Waals surface area contributed by atoms with E-state index < -0.39 is 27.8 Å². The maximum Gasteiger partial charge on any atom is 0.412 e. The van der Waals surface area contributed by atoms with E-state index in [1.54, 1.807) is 6.20 Å². The molecule has 2 aliphatic rings. The second-order valence-corrected chi connectivity index (χ2v) is 27.7. The molecule has 0 bridgehead atoms. The summed E-state index contributed by atoms with van der Waals surface area (Å²) in [6.45, 7) is 24.3. The van der Waals surface area contributed by atoms with Gasteiger partial charge in [-0.2, -0.15) is 5.10 Å². The van der Waals surface area contributed by atoms with Crippen molar-refractivity contribution < 1.29 is 19.0 Å². The third-order valence-electron chi connectivity index (χ3n) is 8.62. The largest absolute Gasteiger partial charge is 0.444 e. The first-order chi connectivity index (χ1) is 20.4. The average molecular weight is 641 g/mol. The highest BCUT2D eigenvalue weighted by Crippen LogP contribution is 2.60. The molecule has 0 spiro atoms. The van der Waals surface area contributed by atoms with Crippen molar-refractivity contribution in [2.45, 2.75) is 117 Å². The van der Waals surface area contributed by atoms with Crippen LogP contribution in [0.3, 0.4) is 0 Å². The van der Waals surface area contributed by atoms with Gasteiger partial charge in [0, 0.05) is 40.6 Å². The molecule has 12 heteroatoms. The van der Waals surface area contributed by atoms with Crippen LogP contribution in [-0.4, -0.2) is 65.4 Å². The van der Waals surface area contributed by atoms with Gasteiger partial charge in [-0.1, -0.05) is 46.2 Å². The molecule has 0 aliphatic heterocycles. The Morgan fingerprint density at radius 1 is 1.07 bits per heavy atom. The van der Waals surface area contributed by atoms with Gasteiger partial charge in [-0.3, -0.25) is 9.88 Å². The predicted molar refractivity (Wildman–Crippen MR) is 180 cm³/mol. The van der Waals surface area contributed by atoms with Crippen LogP contribution in [0.25, 0.3) is 22.7 Å². The van der Waals surface area contributed by atoms with Gasteiger partial charge in [0.05, 0.1) is 17.4 Å². The van der Waals surface area contributed by atoms with Crippen LogP contribution in [0.4, 0.5) is 10.5 Å². The fraction of sp³-hybridized carbons (Fsp3) is 0.688. The normalized spacial score (nSPS) is 20.0. The highest BCUT2D eigenvalue weighted by atomic mass is 28.3. The Bertz CT molecular complexity index is 1510. The van der Waals surface area contributed by atoms with Gasteiger partial charge in [-0.15, -0.1) is 0 Å². The van der Waals surface area contributed by atoms with Gasteiger partial charge < -0.3 is 14.2 Å².